The molecule has 0 bridgehead atoms. The predicted octanol–water partition coefficient (Wildman–Crippen LogP) is 0.842. The summed E-state index contributed by atoms with van der Waals surface area (Å²) in [6.07, 6.45) is 4.55. The van der Waals surface area contributed by atoms with Gasteiger partial charge in [-0.1, -0.05) is 6.42 Å². The van der Waals surface area contributed by atoms with E-state index in [9.17, 15) is 4.79 Å². The fraction of sp³-hybridized carbons (Fsp3) is 0.600. The molecule has 4 N–H and O–H groups in total. The number of carbonyl (C=O) groups excluding carboxylic acids is 1. The average molecular weight is 227 g/mol. The highest BCUT2D eigenvalue weighted by molar-refractivity contribution is 7.09. The molecule has 1 rings (SSSR count). The number of nitrogens with zero attached hydrogens (tertiary/aromatic N) is 1. The fourth-order valence-electron chi connectivity index (χ4n) is 1.32. The van der Waals surface area contributed by atoms with Crippen molar-refractivity contribution in [3.63, 3.8) is 0 Å². The standard InChI is InChI=1S/C10H17N3OS/c11-5-3-1-2-4-10-13-8(7-15-10)6-9(12)14/h7H,1-6,11H2,(H2,12,14). The zero-order chi connectivity index (χ0) is 11.1. The average Bonchev–Trinajstić information content (AvgIpc) is 2.59. The first-order chi connectivity index (χ1) is 7.22. The largest absolute Gasteiger partial charge is 0.369 e. The molecule has 0 spiro atoms. The van der Waals surface area contributed by atoms with Crippen LogP contribution in [0.4, 0.5) is 0 Å². The maximum atomic E-state index is 10.7. The van der Waals surface area contributed by atoms with Crippen LogP contribution < -0.4 is 11.5 Å². The van der Waals surface area contributed by atoms with Gasteiger partial charge in [0.25, 0.3) is 0 Å². The van der Waals surface area contributed by atoms with Gasteiger partial charge in [0.1, 0.15) is 0 Å². The Hall–Kier alpha value is -0.940. The van der Waals surface area contributed by atoms with Crippen LogP contribution in [0.2, 0.25) is 0 Å². The van der Waals surface area contributed by atoms with Gasteiger partial charge in [0.2, 0.25) is 5.91 Å². The van der Waals surface area contributed by atoms with Crippen molar-refractivity contribution in [3.05, 3.63) is 16.1 Å². The number of aromatic nitrogens is 1. The Morgan fingerprint density at radius 2 is 2.20 bits per heavy atom. The van der Waals surface area contributed by atoms with Gasteiger partial charge in [-0.2, -0.15) is 0 Å². The molecule has 0 fully saturated rings. The molecule has 1 heterocycles. The Morgan fingerprint density at radius 3 is 2.87 bits per heavy atom. The number of primary amides is 1. The Kier molecular flexibility index (Phi) is 5.28. The lowest BCUT2D eigenvalue weighted by atomic mass is 10.2. The third kappa shape index (κ3) is 4.90. The molecular formula is C10H17N3OS. The van der Waals surface area contributed by atoms with Crippen LogP contribution >= 0.6 is 11.3 Å². The van der Waals surface area contributed by atoms with Gasteiger partial charge in [-0.05, 0) is 25.8 Å². The minimum Gasteiger partial charge on any atom is -0.369 e. The summed E-state index contributed by atoms with van der Waals surface area (Å²) >= 11 is 1.60. The van der Waals surface area contributed by atoms with Crippen LogP contribution in [0.3, 0.4) is 0 Å². The van der Waals surface area contributed by atoms with Crippen molar-refractivity contribution < 1.29 is 4.79 Å². The van der Waals surface area contributed by atoms with Crippen LogP contribution in [0.1, 0.15) is 30.0 Å². The summed E-state index contributed by atoms with van der Waals surface area (Å²) in [5.74, 6) is -0.324. The molecule has 15 heavy (non-hydrogen) atoms. The van der Waals surface area contributed by atoms with E-state index in [0.29, 0.717) is 0 Å². The van der Waals surface area contributed by atoms with Gasteiger partial charge in [0.05, 0.1) is 17.1 Å². The highest BCUT2D eigenvalue weighted by Crippen LogP contribution is 2.13. The van der Waals surface area contributed by atoms with Gasteiger partial charge < -0.3 is 11.5 Å². The Labute approximate surface area is 93.7 Å². The summed E-state index contributed by atoms with van der Waals surface area (Å²) in [7, 11) is 0. The van der Waals surface area contributed by atoms with E-state index in [1.165, 1.54) is 0 Å². The van der Waals surface area contributed by atoms with Gasteiger partial charge in [-0.15, -0.1) is 11.3 Å². The lowest BCUT2D eigenvalue weighted by molar-refractivity contribution is -0.117. The topological polar surface area (TPSA) is 82.0 Å². The van der Waals surface area contributed by atoms with Crippen LogP contribution in [-0.2, 0) is 17.6 Å². The normalized spacial score (nSPS) is 10.5. The first-order valence-corrected chi connectivity index (χ1v) is 6.02. The molecular weight excluding hydrogens is 210 g/mol. The van der Waals surface area contributed by atoms with Gasteiger partial charge in [0, 0.05) is 5.38 Å². The lowest BCUT2D eigenvalue weighted by Crippen LogP contribution is -2.13. The van der Waals surface area contributed by atoms with Gasteiger partial charge in [-0.25, -0.2) is 4.98 Å². The zero-order valence-corrected chi connectivity index (χ0v) is 9.55. The molecule has 1 aromatic rings. The summed E-state index contributed by atoms with van der Waals surface area (Å²) in [5, 5.41) is 2.99. The summed E-state index contributed by atoms with van der Waals surface area (Å²) in [6, 6.07) is 0. The second-order valence-corrected chi connectivity index (χ2v) is 4.42. The van der Waals surface area contributed by atoms with Crippen LogP contribution in [0.5, 0.6) is 0 Å². The maximum Gasteiger partial charge on any atom is 0.223 e. The van der Waals surface area contributed by atoms with Crippen molar-refractivity contribution in [2.45, 2.75) is 32.1 Å². The molecule has 0 radical (unpaired) electrons. The van der Waals surface area contributed by atoms with Crippen molar-refractivity contribution in [1.82, 2.24) is 4.98 Å². The van der Waals surface area contributed by atoms with Crippen LogP contribution in [-0.4, -0.2) is 17.4 Å². The molecule has 0 aliphatic heterocycles. The number of nitrogens with two attached hydrogens (primary N) is 2. The Bertz CT molecular complexity index is 311. The van der Waals surface area contributed by atoms with Crippen molar-refractivity contribution in [3.8, 4) is 0 Å². The number of carbonyl (C=O) groups is 1. The zero-order valence-electron chi connectivity index (χ0n) is 8.74. The smallest absolute Gasteiger partial charge is 0.223 e. The quantitative estimate of drug-likeness (QED) is 0.677. The predicted molar refractivity (Wildman–Crippen MR) is 61.6 cm³/mol. The number of thiazole rings is 1. The highest BCUT2D eigenvalue weighted by atomic mass is 32.1. The fourth-order valence-corrected chi connectivity index (χ4v) is 2.16. The molecule has 0 atom stereocenters. The lowest BCUT2D eigenvalue weighted by Gasteiger charge is -1.95. The Balaban J connectivity index is 2.29. The molecule has 5 heteroatoms. The van der Waals surface area contributed by atoms with E-state index in [-0.39, 0.29) is 12.3 Å². The molecule has 0 aliphatic carbocycles. The molecule has 0 saturated carbocycles. The minimum atomic E-state index is -0.324. The van der Waals surface area contributed by atoms with E-state index >= 15 is 0 Å². The van der Waals surface area contributed by atoms with E-state index in [1.54, 1.807) is 11.3 Å². The molecule has 84 valence electrons. The second-order valence-electron chi connectivity index (χ2n) is 3.48. The van der Waals surface area contributed by atoms with Crippen molar-refractivity contribution in [2.75, 3.05) is 6.54 Å². The van der Waals surface area contributed by atoms with E-state index in [0.717, 1.165) is 42.9 Å². The molecule has 1 aromatic heterocycles. The molecule has 0 aliphatic rings. The van der Waals surface area contributed by atoms with Crippen molar-refractivity contribution in [2.24, 2.45) is 11.5 Å². The second kappa shape index (κ2) is 6.53. The number of hydrogen-bond acceptors (Lipinski definition) is 4. The monoisotopic (exact) mass is 227 g/mol. The van der Waals surface area contributed by atoms with Crippen molar-refractivity contribution in [1.29, 1.82) is 0 Å². The van der Waals surface area contributed by atoms with Crippen LogP contribution in [0.15, 0.2) is 5.38 Å². The number of hydrogen-bond donors (Lipinski definition) is 2. The van der Waals surface area contributed by atoms with E-state index in [2.05, 4.69) is 4.98 Å². The van der Waals surface area contributed by atoms with Gasteiger partial charge >= 0.3 is 0 Å². The van der Waals surface area contributed by atoms with E-state index < -0.39 is 0 Å². The molecule has 1 amide bonds. The maximum absolute atomic E-state index is 10.7. The molecule has 4 nitrogen and oxygen atoms in total. The first kappa shape index (κ1) is 12.1. The van der Waals surface area contributed by atoms with Crippen molar-refractivity contribution >= 4 is 17.2 Å². The molecule has 0 unspecified atom stereocenters. The van der Waals surface area contributed by atoms with Crippen LogP contribution in [0.25, 0.3) is 0 Å². The number of aryl methyl sites for hydroxylation is 1. The molecule has 0 aromatic carbocycles. The van der Waals surface area contributed by atoms with Gasteiger partial charge in [-0.3, -0.25) is 4.79 Å². The number of amides is 1. The number of unbranched alkanes of at least 4 members (excludes halogenated alkanes) is 2. The summed E-state index contributed by atoms with van der Waals surface area (Å²) in [5.41, 5.74) is 11.3. The van der Waals surface area contributed by atoms with E-state index in [4.69, 9.17) is 11.5 Å². The summed E-state index contributed by atoms with van der Waals surface area (Å²) < 4.78 is 0. The van der Waals surface area contributed by atoms with Crippen LogP contribution in [0, 0.1) is 0 Å². The van der Waals surface area contributed by atoms with E-state index in [1.807, 2.05) is 5.38 Å². The minimum absolute atomic E-state index is 0.249. The van der Waals surface area contributed by atoms with Gasteiger partial charge in [0.15, 0.2) is 0 Å². The highest BCUT2D eigenvalue weighted by Gasteiger charge is 2.04. The third-order valence-electron chi connectivity index (χ3n) is 2.05. The Morgan fingerprint density at radius 1 is 1.40 bits per heavy atom. The third-order valence-corrected chi connectivity index (χ3v) is 3.01. The first-order valence-electron chi connectivity index (χ1n) is 5.14. The molecule has 0 saturated heterocycles. The summed E-state index contributed by atoms with van der Waals surface area (Å²) in [6.45, 7) is 0.755. The number of rotatable bonds is 7. The SMILES string of the molecule is NCCCCCc1nc(CC(N)=O)cs1. The summed E-state index contributed by atoms with van der Waals surface area (Å²) in [4.78, 5) is 15.0.